The molecular weight excluding hydrogens is 266 g/mol. The lowest BCUT2D eigenvalue weighted by atomic mass is 9.84. The third-order valence-corrected chi connectivity index (χ3v) is 4.01. The molecule has 0 bridgehead atoms. The zero-order chi connectivity index (χ0) is 11.4. The molecule has 0 radical (unpaired) electrons. The van der Waals surface area contributed by atoms with E-state index < -0.39 is 0 Å². The molecule has 1 aromatic heterocycles. The first-order valence-electron chi connectivity index (χ1n) is 6.22. The molecule has 16 heavy (non-hydrogen) atoms. The van der Waals surface area contributed by atoms with E-state index in [-0.39, 0.29) is 0 Å². The highest BCUT2D eigenvalue weighted by Crippen LogP contribution is 2.32. The summed E-state index contributed by atoms with van der Waals surface area (Å²) in [5.74, 6) is 1.93. The van der Waals surface area contributed by atoms with Gasteiger partial charge in [-0.1, -0.05) is 32.1 Å². The van der Waals surface area contributed by atoms with Crippen molar-refractivity contribution in [2.24, 2.45) is 5.92 Å². The van der Waals surface area contributed by atoms with Crippen LogP contribution in [0.3, 0.4) is 0 Å². The van der Waals surface area contributed by atoms with Gasteiger partial charge in [0, 0.05) is 0 Å². The minimum atomic E-state index is 0.370. The SMILES string of the molecule is CNC(CC1CCCCC1)c1ccc(Br)o1. The molecule has 1 atom stereocenters. The van der Waals surface area contributed by atoms with Gasteiger partial charge in [0.25, 0.3) is 0 Å². The van der Waals surface area contributed by atoms with Crippen molar-refractivity contribution in [3.63, 3.8) is 0 Å². The number of hydrogen-bond acceptors (Lipinski definition) is 2. The summed E-state index contributed by atoms with van der Waals surface area (Å²) in [7, 11) is 2.02. The van der Waals surface area contributed by atoms with Crippen LogP contribution < -0.4 is 5.32 Å². The lowest BCUT2D eigenvalue weighted by Gasteiger charge is -2.25. The van der Waals surface area contributed by atoms with E-state index >= 15 is 0 Å². The maximum Gasteiger partial charge on any atom is 0.169 e. The second-order valence-corrected chi connectivity index (χ2v) is 5.50. The molecule has 1 unspecified atom stereocenters. The summed E-state index contributed by atoms with van der Waals surface area (Å²) in [5, 5.41) is 3.36. The zero-order valence-corrected chi connectivity index (χ0v) is 11.4. The first-order chi connectivity index (χ1) is 7.79. The van der Waals surface area contributed by atoms with E-state index in [4.69, 9.17) is 4.42 Å². The van der Waals surface area contributed by atoms with E-state index in [0.717, 1.165) is 16.3 Å². The first-order valence-corrected chi connectivity index (χ1v) is 7.01. The van der Waals surface area contributed by atoms with Gasteiger partial charge >= 0.3 is 0 Å². The van der Waals surface area contributed by atoms with Gasteiger partial charge in [-0.2, -0.15) is 0 Å². The van der Waals surface area contributed by atoms with E-state index in [1.807, 2.05) is 13.1 Å². The van der Waals surface area contributed by atoms with Crippen LogP contribution in [0.15, 0.2) is 21.2 Å². The van der Waals surface area contributed by atoms with Crippen molar-refractivity contribution in [3.8, 4) is 0 Å². The van der Waals surface area contributed by atoms with Gasteiger partial charge < -0.3 is 9.73 Å². The highest BCUT2D eigenvalue weighted by Gasteiger charge is 2.21. The summed E-state index contributed by atoms with van der Waals surface area (Å²) < 4.78 is 6.46. The Bertz CT molecular complexity index is 317. The molecule has 1 aliphatic rings. The average molecular weight is 286 g/mol. The second kappa shape index (κ2) is 5.87. The van der Waals surface area contributed by atoms with Crippen LogP contribution in [0.4, 0.5) is 0 Å². The topological polar surface area (TPSA) is 25.2 Å². The number of hydrogen-bond donors (Lipinski definition) is 1. The number of halogens is 1. The van der Waals surface area contributed by atoms with Crippen molar-refractivity contribution in [2.45, 2.75) is 44.6 Å². The Morgan fingerprint density at radius 1 is 1.38 bits per heavy atom. The molecule has 1 aromatic rings. The van der Waals surface area contributed by atoms with Crippen LogP contribution in [0.1, 0.15) is 50.3 Å². The molecule has 0 saturated heterocycles. The van der Waals surface area contributed by atoms with E-state index in [9.17, 15) is 0 Å². The van der Waals surface area contributed by atoms with Gasteiger partial charge in [-0.25, -0.2) is 0 Å². The van der Waals surface area contributed by atoms with Crippen molar-refractivity contribution in [3.05, 3.63) is 22.6 Å². The van der Waals surface area contributed by atoms with Crippen LogP contribution in [0.25, 0.3) is 0 Å². The molecule has 2 nitrogen and oxygen atoms in total. The molecule has 1 heterocycles. The largest absolute Gasteiger partial charge is 0.453 e. The van der Waals surface area contributed by atoms with Gasteiger partial charge in [-0.05, 0) is 47.4 Å². The van der Waals surface area contributed by atoms with Crippen LogP contribution in [-0.4, -0.2) is 7.05 Å². The Morgan fingerprint density at radius 3 is 2.69 bits per heavy atom. The Kier molecular flexibility index (Phi) is 4.47. The monoisotopic (exact) mass is 285 g/mol. The maximum atomic E-state index is 5.63. The molecule has 0 amide bonds. The fourth-order valence-electron chi connectivity index (χ4n) is 2.65. The molecule has 1 aliphatic carbocycles. The molecule has 0 aliphatic heterocycles. The quantitative estimate of drug-likeness (QED) is 0.894. The summed E-state index contributed by atoms with van der Waals surface area (Å²) in [6.07, 6.45) is 8.22. The highest BCUT2D eigenvalue weighted by molar-refractivity contribution is 9.10. The fourth-order valence-corrected chi connectivity index (χ4v) is 2.97. The van der Waals surface area contributed by atoms with E-state index in [0.29, 0.717) is 6.04 Å². The second-order valence-electron chi connectivity index (χ2n) is 4.72. The predicted octanol–water partition coefficient (Wildman–Crippen LogP) is 4.27. The predicted molar refractivity (Wildman–Crippen MR) is 69.4 cm³/mol. The molecule has 3 heteroatoms. The van der Waals surface area contributed by atoms with E-state index in [1.165, 1.54) is 38.5 Å². The number of nitrogens with one attached hydrogen (secondary N) is 1. The molecule has 1 fully saturated rings. The third-order valence-electron chi connectivity index (χ3n) is 3.58. The summed E-state index contributed by atoms with van der Waals surface area (Å²) in [6, 6.07) is 4.41. The van der Waals surface area contributed by atoms with Crippen molar-refractivity contribution in [1.29, 1.82) is 0 Å². The lowest BCUT2D eigenvalue weighted by Crippen LogP contribution is -2.20. The van der Waals surface area contributed by atoms with Crippen LogP contribution in [0.5, 0.6) is 0 Å². The Morgan fingerprint density at radius 2 is 2.12 bits per heavy atom. The van der Waals surface area contributed by atoms with Gasteiger partial charge in [0.2, 0.25) is 0 Å². The first kappa shape index (κ1) is 12.2. The van der Waals surface area contributed by atoms with E-state index in [2.05, 4.69) is 27.3 Å². The van der Waals surface area contributed by atoms with Gasteiger partial charge in [-0.15, -0.1) is 0 Å². The Labute approximate surface area is 106 Å². The summed E-state index contributed by atoms with van der Waals surface area (Å²) >= 11 is 3.36. The van der Waals surface area contributed by atoms with Crippen molar-refractivity contribution in [2.75, 3.05) is 7.05 Å². The molecule has 90 valence electrons. The Hall–Kier alpha value is -0.280. The lowest BCUT2D eigenvalue weighted by molar-refractivity contribution is 0.285. The standard InChI is InChI=1S/C13H20BrNO/c1-15-11(12-7-8-13(14)16-12)9-10-5-3-2-4-6-10/h7-8,10-11,15H,2-6,9H2,1H3. The molecule has 0 aromatic carbocycles. The van der Waals surface area contributed by atoms with Crippen LogP contribution in [0.2, 0.25) is 0 Å². The van der Waals surface area contributed by atoms with E-state index in [1.54, 1.807) is 0 Å². The smallest absolute Gasteiger partial charge is 0.169 e. The molecule has 1 N–H and O–H groups in total. The zero-order valence-electron chi connectivity index (χ0n) is 9.84. The Balaban J connectivity index is 1.94. The molecule has 0 spiro atoms. The van der Waals surface area contributed by atoms with Crippen molar-refractivity contribution in [1.82, 2.24) is 5.32 Å². The summed E-state index contributed by atoms with van der Waals surface area (Å²) in [6.45, 7) is 0. The van der Waals surface area contributed by atoms with Crippen LogP contribution in [-0.2, 0) is 0 Å². The highest BCUT2D eigenvalue weighted by atomic mass is 79.9. The number of furan rings is 1. The summed E-state index contributed by atoms with van der Waals surface area (Å²) in [4.78, 5) is 0. The van der Waals surface area contributed by atoms with Gasteiger partial charge in [0.05, 0.1) is 6.04 Å². The van der Waals surface area contributed by atoms with Gasteiger partial charge in [0.1, 0.15) is 5.76 Å². The average Bonchev–Trinajstić information content (AvgIpc) is 2.74. The summed E-state index contributed by atoms with van der Waals surface area (Å²) in [5.41, 5.74) is 0. The third kappa shape index (κ3) is 3.11. The minimum Gasteiger partial charge on any atom is -0.453 e. The molecule has 2 rings (SSSR count). The molecular formula is C13H20BrNO. The maximum absolute atomic E-state index is 5.63. The number of rotatable bonds is 4. The minimum absolute atomic E-state index is 0.370. The van der Waals surface area contributed by atoms with Crippen molar-refractivity contribution >= 4 is 15.9 Å². The molecule has 1 saturated carbocycles. The van der Waals surface area contributed by atoms with Crippen LogP contribution >= 0.6 is 15.9 Å². The van der Waals surface area contributed by atoms with Crippen molar-refractivity contribution < 1.29 is 4.42 Å². The fraction of sp³-hybridized carbons (Fsp3) is 0.692. The van der Waals surface area contributed by atoms with Gasteiger partial charge in [-0.3, -0.25) is 0 Å². The van der Waals surface area contributed by atoms with Crippen LogP contribution in [0, 0.1) is 5.92 Å². The van der Waals surface area contributed by atoms with Gasteiger partial charge in [0.15, 0.2) is 4.67 Å². The normalized spacial score (nSPS) is 19.9.